The molecule has 2 aromatic carbocycles. The number of sulfonamides is 1. The van der Waals surface area contributed by atoms with Gasteiger partial charge >= 0.3 is 0 Å². The molecule has 0 aromatic heterocycles. The second-order valence-corrected chi connectivity index (χ2v) is 9.13. The van der Waals surface area contributed by atoms with Crippen LogP contribution in [0, 0.1) is 17.0 Å². The van der Waals surface area contributed by atoms with E-state index in [-0.39, 0.29) is 26.9 Å². The Labute approximate surface area is 173 Å². The molecule has 10 heteroatoms. The summed E-state index contributed by atoms with van der Waals surface area (Å²) in [5.41, 5.74) is 0.499. The molecule has 8 nitrogen and oxygen atoms in total. The fourth-order valence-corrected chi connectivity index (χ4v) is 5.17. The fourth-order valence-electron chi connectivity index (χ4n) is 3.20. The van der Waals surface area contributed by atoms with Crippen molar-refractivity contribution in [2.24, 2.45) is 0 Å². The van der Waals surface area contributed by atoms with E-state index >= 15 is 0 Å². The molecular weight excluding hydrogens is 418 g/mol. The third-order valence-corrected chi connectivity index (χ3v) is 7.15. The van der Waals surface area contributed by atoms with Crippen molar-refractivity contribution in [1.29, 1.82) is 0 Å². The Morgan fingerprint density at radius 3 is 2.48 bits per heavy atom. The normalized spacial score (nSPS) is 15.1. The van der Waals surface area contributed by atoms with Crippen LogP contribution in [0.2, 0.25) is 5.02 Å². The van der Waals surface area contributed by atoms with Gasteiger partial charge in [-0.1, -0.05) is 24.1 Å². The van der Waals surface area contributed by atoms with Gasteiger partial charge in [0, 0.05) is 30.9 Å². The first-order valence-electron chi connectivity index (χ1n) is 9.06. The lowest BCUT2D eigenvalue weighted by atomic mass is 10.1. The molecule has 1 aliphatic rings. The third-order valence-electron chi connectivity index (χ3n) is 4.78. The van der Waals surface area contributed by atoms with Crippen molar-refractivity contribution in [3.8, 4) is 0 Å². The van der Waals surface area contributed by atoms with Crippen LogP contribution in [0.25, 0.3) is 0 Å². The van der Waals surface area contributed by atoms with Crippen LogP contribution in [-0.4, -0.2) is 36.6 Å². The molecule has 0 aliphatic carbocycles. The van der Waals surface area contributed by atoms with E-state index in [4.69, 9.17) is 11.6 Å². The van der Waals surface area contributed by atoms with E-state index in [1.165, 1.54) is 22.5 Å². The van der Waals surface area contributed by atoms with E-state index in [1.54, 1.807) is 19.1 Å². The van der Waals surface area contributed by atoms with Crippen LogP contribution in [0.3, 0.4) is 0 Å². The molecule has 0 saturated carbocycles. The number of nitro groups is 1. The van der Waals surface area contributed by atoms with Gasteiger partial charge < -0.3 is 5.32 Å². The second-order valence-electron chi connectivity index (χ2n) is 6.82. The molecule has 0 radical (unpaired) electrons. The van der Waals surface area contributed by atoms with Crippen molar-refractivity contribution in [3.05, 3.63) is 62.7 Å². The summed E-state index contributed by atoms with van der Waals surface area (Å²) in [7, 11) is -3.68. The van der Waals surface area contributed by atoms with Crippen molar-refractivity contribution in [1.82, 2.24) is 4.31 Å². The van der Waals surface area contributed by atoms with E-state index < -0.39 is 20.9 Å². The Hall–Kier alpha value is -2.49. The van der Waals surface area contributed by atoms with Crippen LogP contribution < -0.4 is 5.32 Å². The van der Waals surface area contributed by atoms with Gasteiger partial charge in [0.25, 0.3) is 11.6 Å². The van der Waals surface area contributed by atoms with Crippen molar-refractivity contribution in [2.75, 3.05) is 18.4 Å². The highest BCUT2D eigenvalue weighted by molar-refractivity contribution is 7.89. The molecule has 0 atom stereocenters. The molecule has 1 aliphatic heterocycles. The molecule has 1 amide bonds. The predicted octanol–water partition coefficient (Wildman–Crippen LogP) is 3.98. The molecule has 29 heavy (non-hydrogen) atoms. The maximum Gasteiger partial charge on any atom is 0.270 e. The second kappa shape index (κ2) is 8.48. The van der Waals surface area contributed by atoms with Crippen LogP contribution in [-0.2, 0) is 10.0 Å². The number of hydrogen-bond acceptors (Lipinski definition) is 5. The summed E-state index contributed by atoms with van der Waals surface area (Å²) >= 11 is 6.01. The lowest BCUT2D eigenvalue weighted by molar-refractivity contribution is -0.384. The zero-order valence-corrected chi connectivity index (χ0v) is 17.3. The number of non-ortho nitro benzene ring substituents is 1. The van der Waals surface area contributed by atoms with Gasteiger partial charge in [-0.2, -0.15) is 4.31 Å². The zero-order chi connectivity index (χ0) is 21.2. The number of aryl methyl sites for hydroxylation is 1. The van der Waals surface area contributed by atoms with E-state index in [2.05, 4.69) is 5.32 Å². The Balaban J connectivity index is 1.90. The van der Waals surface area contributed by atoms with Gasteiger partial charge in [-0.05, 0) is 43.5 Å². The highest BCUT2D eigenvalue weighted by Crippen LogP contribution is 2.27. The summed E-state index contributed by atoms with van der Waals surface area (Å²) in [6.45, 7) is 2.64. The van der Waals surface area contributed by atoms with E-state index in [1.807, 2.05) is 0 Å². The topological polar surface area (TPSA) is 110 Å². The SMILES string of the molecule is Cc1ccc(NC(=O)c2cc([N+](=O)[O-])ccc2Cl)cc1S(=O)(=O)N1CCCCC1. The van der Waals surface area contributed by atoms with E-state index in [0.29, 0.717) is 18.7 Å². The minimum absolute atomic E-state index is 0.0568. The molecule has 0 spiro atoms. The Morgan fingerprint density at radius 1 is 1.14 bits per heavy atom. The number of carbonyl (C=O) groups is 1. The summed E-state index contributed by atoms with van der Waals surface area (Å²) in [5.74, 6) is -0.663. The Morgan fingerprint density at radius 2 is 1.83 bits per heavy atom. The number of anilines is 1. The number of carbonyl (C=O) groups excluding carboxylic acids is 1. The van der Waals surface area contributed by atoms with Gasteiger partial charge in [-0.3, -0.25) is 14.9 Å². The van der Waals surface area contributed by atoms with Crippen molar-refractivity contribution < 1.29 is 18.1 Å². The first-order chi connectivity index (χ1) is 13.7. The van der Waals surface area contributed by atoms with Crippen LogP contribution in [0.4, 0.5) is 11.4 Å². The van der Waals surface area contributed by atoms with Crippen LogP contribution in [0.1, 0.15) is 35.2 Å². The minimum atomic E-state index is -3.68. The summed E-state index contributed by atoms with van der Waals surface area (Å²) < 4.78 is 27.5. The number of hydrogen-bond donors (Lipinski definition) is 1. The number of nitro benzene ring substituents is 1. The highest BCUT2D eigenvalue weighted by Gasteiger charge is 2.28. The van der Waals surface area contributed by atoms with Gasteiger partial charge in [0.05, 0.1) is 20.4 Å². The monoisotopic (exact) mass is 437 g/mol. The summed E-state index contributed by atoms with van der Waals surface area (Å²) in [5, 5.41) is 13.6. The maximum atomic E-state index is 13.0. The van der Waals surface area contributed by atoms with Crippen molar-refractivity contribution in [3.63, 3.8) is 0 Å². The molecule has 154 valence electrons. The summed E-state index contributed by atoms with van der Waals surface area (Å²) in [4.78, 5) is 23.0. The Kier molecular flexibility index (Phi) is 6.21. The first kappa shape index (κ1) is 21.2. The van der Waals surface area contributed by atoms with Gasteiger partial charge in [-0.15, -0.1) is 0 Å². The number of rotatable bonds is 5. The summed E-state index contributed by atoms with van der Waals surface area (Å²) in [6.07, 6.45) is 2.64. The maximum absolute atomic E-state index is 13.0. The molecule has 2 aromatic rings. The van der Waals surface area contributed by atoms with E-state index in [0.717, 1.165) is 25.3 Å². The number of nitrogens with zero attached hydrogens (tertiary/aromatic N) is 2. The molecule has 1 fully saturated rings. The van der Waals surface area contributed by atoms with Gasteiger partial charge in [0.15, 0.2) is 0 Å². The number of nitrogens with one attached hydrogen (secondary N) is 1. The van der Waals surface area contributed by atoms with Crippen LogP contribution in [0.15, 0.2) is 41.3 Å². The van der Waals surface area contributed by atoms with Crippen LogP contribution in [0.5, 0.6) is 0 Å². The van der Waals surface area contributed by atoms with Crippen LogP contribution >= 0.6 is 11.6 Å². The lowest BCUT2D eigenvalue weighted by Gasteiger charge is -2.26. The number of amides is 1. The van der Waals surface area contributed by atoms with Crippen molar-refractivity contribution >= 4 is 38.9 Å². The molecular formula is C19H20ClN3O5S. The van der Waals surface area contributed by atoms with Gasteiger partial charge in [-0.25, -0.2) is 8.42 Å². The molecule has 3 rings (SSSR count). The number of halogens is 1. The van der Waals surface area contributed by atoms with E-state index in [9.17, 15) is 23.3 Å². The molecule has 0 bridgehead atoms. The smallest absolute Gasteiger partial charge is 0.270 e. The fraction of sp³-hybridized carbons (Fsp3) is 0.316. The standard InChI is InChI=1S/C19H20ClN3O5S/c1-13-5-6-14(11-18(13)29(27,28)22-9-3-2-4-10-22)21-19(24)16-12-15(23(25)26)7-8-17(16)20/h5-8,11-12H,2-4,9-10H2,1H3,(H,21,24). The van der Waals surface area contributed by atoms with Gasteiger partial charge in [0.2, 0.25) is 10.0 Å². The summed E-state index contributed by atoms with van der Waals surface area (Å²) in [6, 6.07) is 8.15. The predicted molar refractivity (Wildman–Crippen MR) is 110 cm³/mol. The minimum Gasteiger partial charge on any atom is -0.322 e. The third kappa shape index (κ3) is 4.58. The molecule has 1 N–H and O–H groups in total. The lowest BCUT2D eigenvalue weighted by Crippen LogP contribution is -2.36. The highest BCUT2D eigenvalue weighted by atomic mass is 35.5. The Bertz CT molecular complexity index is 1070. The van der Waals surface area contributed by atoms with Gasteiger partial charge in [0.1, 0.15) is 0 Å². The largest absolute Gasteiger partial charge is 0.322 e. The molecule has 1 heterocycles. The number of benzene rings is 2. The number of piperidine rings is 1. The zero-order valence-electron chi connectivity index (χ0n) is 15.7. The quantitative estimate of drug-likeness (QED) is 0.561. The average molecular weight is 438 g/mol. The molecule has 0 unspecified atom stereocenters. The average Bonchev–Trinajstić information content (AvgIpc) is 2.70. The first-order valence-corrected chi connectivity index (χ1v) is 10.9. The molecule has 1 saturated heterocycles. The van der Waals surface area contributed by atoms with Crippen molar-refractivity contribution in [2.45, 2.75) is 31.1 Å².